The Morgan fingerprint density at radius 3 is 2.21 bits per heavy atom. The van der Waals surface area contributed by atoms with E-state index < -0.39 is 0 Å². The molecule has 0 unspecified atom stereocenters. The molecule has 19 heavy (non-hydrogen) atoms. The Balaban J connectivity index is 2.16. The third-order valence-electron chi connectivity index (χ3n) is 2.67. The van der Waals surface area contributed by atoms with Gasteiger partial charge in [-0.25, -0.2) is 4.98 Å². The van der Waals surface area contributed by atoms with E-state index in [-0.39, 0.29) is 5.95 Å². The van der Waals surface area contributed by atoms with Crippen molar-refractivity contribution in [3.63, 3.8) is 0 Å². The molecule has 7 heteroatoms. The molecule has 0 radical (unpaired) electrons. The van der Waals surface area contributed by atoms with Crippen LogP contribution in [0.3, 0.4) is 0 Å². The summed E-state index contributed by atoms with van der Waals surface area (Å²) in [5.41, 5.74) is 12.9. The highest BCUT2D eigenvalue weighted by atomic mass is 35.5. The van der Waals surface area contributed by atoms with Crippen molar-refractivity contribution in [2.45, 2.75) is 12.8 Å². The lowest BCUT2D eigenvalue weighted by Crippen LogP contribution is -2.04. The van der Waals surface area contributed by atoms with Crippen molar-refractivity contribution in [3.05, 3.63) is 44.5 Å². The minimum Gasteiger partial charge on any atom is -0.383 e. The molecule has 4 nitrogen and oxygen atoms in total. The van der Waals surface area contributed by atoms with Crippen LogP contribution in [0.4, 0.5) is 11.8 Å². The van der Waals surface area contributed by atoms with Gasteiger partial charge in [0, 0.05) is 16.8 Å². The van der Waals surface area contributed by atoms with Gasteiger partial charge in [0.15, 0.2) is 0 Å². The maximum Gasteiger partial charge on any atom is 0.221 e. The zero-order chi connectivity index (χ0) is 14.0. The lowest BCUT2D eigenvalue weighted by Gasteiger charge is -2.08. The highest BCUT2D eigenvalue weighted by Crippen LogP contribution is 2.29. The number of aromatic nitrogens is 2. The topological polar surface area (TPSA) is 77.8 Å². The lowest BCUT2D eigenvalue weighted by atomic mass is 10.1. The molecule has 0 amide bonds. The van der Waals surface area contributed by atoms with Crippen LogP contribution in [-0.4, -0.2) is 9.97 Å². The van der Waals surface area contributed by atoms with Crippen molar-refractivity contribution in [1.29, 1.82) is 0 Å². The number of hydrogen-bond acceptors (Lipinski definition) is 4. The van der Waals surface area contributed by atoms with Crippen LogP contribution in [-0.2, 0) is 12.8 Å². The zero-order valence-corrected chi connectivity index (χ0v) is 12.1. The van der Waals surface area contributed by atoms with Crippen molar-refractivity contribution in [3.8, 4) is 0 Å². The number of halogens is 3. The molecule has 0 atom stereocenters. The molecule has 0 aliphatic heterocycles. The molecule has 0 spiro atoms. The van der Waals surface area contributed by atoms with Gasteiger partial charge in [0.25, 0.3) is 0 Å². The van der Waals surface area contributed by atoms with Gasteiger partial charge in [0.1, 0.15) is 5.82 Å². The number of nitrogens with zero attached hydrogens (tertiary/aromatic N) is 2. The Kier molecular flexibility index (Phi) is 4.34. The highest BCUT2D eigenvalue weighted by Gasteiger charge is 2.08. The minimum absolute atomic E-state index is 0.161. The van der Waals surface area contributed by atoms with Gasteiger partial charge >= 0.3 is 0 Å². The van der Waals surface area contributed by atoms with Crippen LogP contribution in [0.25, 0.3) is 0 Å². The van der Waals surface area contributed by atoms with E-state index >= 15 is 0 Å². The first-order valence-corrected chi connectivity index (χ1v) is 6.61. The summed E-state index contributed by atoms with van der Waals surface area (Å²) in [4.78, 5) is 7.82. The molecule has 2 rings (SSSR count). The summed E-state index contributed by atoms with van der Waals surface area (Å²) in [5.74, 6) is 0.539. The first kappa shape index (κ1) is 14.2. The molecule has 2 aromatic rings. The van der Waals surface area contributed by atoms with Gasteiger partial charge in [-0.2, -0.15) is 4.98 Å². The van der Waals surface area contributed by atoms with E-state index in [9.17, 15) is 0 Å². The van der Waals surface area contributed by atoms with E-state index in [1.54, 1.807) is 18.3 Å². The first-order chi connectivity index (χ1) is 8.97. The first-order valence-electron chi connectivity index (χ1n) is 5.47. The molecule has 0 aliphatic carbocycles. The summed E-state index contributed by atoms with van der Waals surface area (Å²) in [6.07, 6.45) is 2.92. The van der Waals surface area contributed by atoms with Crippen LogP contribution in [0, 0.1) is 0 Å². The van der Waals surface area contributed by atoms with Gasteiger partial charge in [-0.1, -0.05) is 34.8 Å². The van der Waals surface area contributed by atoms with E-state index in [1.165, 1.54) is 0 Å². The minimum atomic E-state index is 0.161. The molecule has 0 saturated carbocycles. The van der Waals surface area contributed by atoms with E-state index in [4.69, 9.17) is 46.3 Å². The fourth-order valence-electron chi connectivity index (χ4n) is 1.65. The van der Waals surface area contributed by atoms with Crippen molar-refractivity contribution in [2.24, 2.45) is 0 Å². The fourth-order valence-corrected chi connectivity index (χ4v) is 2.32. The number of aryl methyl sites for hydroxylation is 2. The fraction of sp³-hybridized carbons (Fsp3) is 0.167. The van der Waals surface area contributed by atoms with E-state index in [0.29, 0.717) is 33.7 Å². The summed E-state index contributed by atoms with van der Waals surface area (Å²) in [6.45, 7) is 0. The molecule has 1 aromatic carbocycles. The van der Waals surface area contributed by atoms with Gasteiger partial charge < -0.3 is 11.5 Å². The van der Waals surface area contributed by atoms with Crippen molar-refractivity contribution in [2.75, 3.05) is 11.5 Å². The van der Waals surface area contributed by atoms with Crippen LogP contribution < -0.4 is 11.5 Å². The number of nitrogens with two attached hydrogens (primary N) is 2. The molecule has 4 N–H and O–H groups in total. The smallest absolute Gasteiger partial charge is 0.221 e. The zero-order valence-electron chi connectivity index (χ0n) is 9.83. The van der Waals surface area contributed by atoms with Crippen molar-refractivity contribution < 1.29 is 0 Å². The molecule has 0 saturated heterocycles. The van der Waals surface area contributed by atoms with Crippen LogP contribution in [0.5, 0.6) is 0 Å². The van der Waals surface area contributed by atoms with E-state index in [0.717, 1.165) is 11.1 Å². The Hall–Kier alpha value is -1.23. The Bertz CT molecular complexity index is 616. The molecule has 0 aliphatic rings. The quantitative estimate of drug-likeness (QED) is 0.851. The van der Waals surface area contributed by atoms with E-state index in [2.05, 4.69) is 9.97 Å². The maximum atomic E-state index is 6.11. The average Bonchev–Trinajstić information content (AvgIpc) is 2.34. The molecule has 1 heterocycles. The second-order valence-corrected chi connectivity index (χ2v) is 5.22. The van der Waals surface area contributed by atoms with E-state index in [1.807, 2.05) is 0 Å². The SMILES string of the molecule is Nc1ncc(CCc2cc(Cl)c(Cl)cc2Cl)c(N)n1. The standard InChI is InChI=1S/C12H11Cl3N4/c13-8-4-10(15)9(14)3-6(8)1-2-7-5-18-12(17)19-11(7)16/h3-5H,1-2H2,(H4,16,17,18,19). The monoisotopic (exact) mass is 316 g/mol. The average molecular weight is 318 g/mol. The molecular formula is C12H11Cl3N4. The summed E-state index contributed by atoms with van der Waals surface area (Å²) in [6, 6.07) is 3.38. The normalized spacial score (nSPS) is 10.7. The van der Waals surface area contributed by atoms with Gasteiger partial charge in [-0.05, 0) is 30.5 Å². The Morgan fingerprint density at radius 2 is 1.53 bits per heavy atom. The van der Waals surface area contributed by atoms with Gasteiger partial charge in [-0.3, -0.25) is 0 Å². The van der Waals surface area contributed by atoms with Gasteiger partial charge in [0.2, 0.25) is 5.95 Å². The molecule has 1 aromatic heterocycles. The van der Waals surface area contributed by atoms with Crippen LogP contribution in [0.1, 0.15) is 11.1 Å². The van der Waals surface area contributed by atoms with Crippen LogP contribution in [0.15, 0.2) is 18.3 Å². The van der Waals surface area contributed by atoms with Gasteiger partial charge in [0.05, 0.1) is 10.0 Å². The Labute approximate surface area is 125 Å². The predicted molar refractivity (Wildman–Crippen MR) is 79.7 cm³/mol. The van der Waals surface area contributed by atoms with Crippen LogP contribution in [0.2, 0.25) is 15.1 Å². The second kappa shape index (κ2) is 5.82. The summed E-state index contributed by atoms with van der Waals surface area (Å²) < 4.78 is 0. The predicted octanol–water partition coefficient (Wildman–Crippen LogP) is 3.39. The van der Waals surface area contributed by atoms with Gasteiger partial charge in [-0.15, -0.1) is 0 Å². The number of nitrogen functional groups attached to an aromatic ring is 2. The van der Waals surface area contributed by atoms with Crippen molar-refractivity contribution >= 4 is 46.6 Å². The third kappa shape index (κ3) is 3.41. The summed E-state index contributed by atoms with van der Waals surface area (Å²) >= 11 is 17.9. The summed E-state index contributed by atoms with van der Waals surface area (Å²) in [5, 5.41) is 1.48. The highest BCUT2D eigenvalue weighted by molar-refractivity contribution is 6.43. The number of benzene rings is 1. The maximum absolute atomic E-state index is 6.11. The summed E-state index contributed by atoms with van der Waals surface area (Å²) in [7, 11) is 0. The molecular weight excluding hydrogens is 307 g/mol. The number of hydrogen-bond donors (Lipinski definition) is 2. The third-order valence-corrected chi connectivity index (χ3v) is 3.74. The largest absolute Gasteiger partial charge is 0.383 e. The Morgan fingerprint density at radius 1 is 0.895 bits per heavy atom. The van der Waals surface area contributed by atoms with Crippen LogP contribution >= 0.6 is 34.8 Å². The van der Waals surface area contributed by atoms with Crippen molar-refractivity contribution in [1.82, 2.24) is 9.97 Å². The molecule has 0 bridgehead atoms. The second-order valence-electron chi connectivity index (χ2n) is 4.00. The number of anilines is 2. The number of rotatable bonds is 3. The molecule has 0 fully saturated rings. The lowest BCUT2D eigenvalue weighted by molar-refractivity contribution is 0.941. The molecule has 100 valence electrons.